The fraction of sp³-hybridized carbons (Fsp3) is 0.400. The molecule has 0 atom stereocenters. The van der Waals surface area contributed by atoms with Crippen molar-refractivity contribution in [1.29, 1.82) is 0 Å². The maximum absolute atomic E-state index is 9.79. The molecule has 1 fully saturated rings. The van der Waals surface area contributed by atoms with Crippen molar-refractivity contribution in [2.24, 2.45) is 5.16 Å². The van der Waals surface area contributed by atoms with Crippen molar-refractivity contribution >= 4 is 10.9 Å². The molecule has 19 heavy (non-hydrogen) atoms. The predicted octanol–water partition coefficient (Wildman–Crippen LogP) is 3.22. The maximum atomic E-state index is 9.79. The van der Waals surface area contributed by atoms with Crippen LogP contribution in [0.2, 0.25) is 0 Å². The summed E-state index contributed by atoms with van der Waals surface area (Å²) in [7, 11) is 0. The molecule has 2 aromatic rings. The zero-order valence-corrected chi connectivity index (χ0v) is 10.8. The molecule has 0 unspecified atom stereocenters. The molecule has 0 spiro atoms. The monoisotopic (exact) mass is 258 g/mol. The lowest BCUT2D eigenvalue weighted by Crippen LogP contribution is -2.10. The van der Waals surface area contributed by atoms with Crippen LogP contribution in [-0.4, -0.2) is 15.1 Å². The Kier molecular flexibility index (Phi) is 3.15. The molecule has 0 amide bonds. The summed E-state index contributed by atoms with van der Waals surface area (Å²) >= 11 is 0. The van der Waals surface area contributed by atoms with Crippen molar-refractivity contribution in [3.63, 3.8) is 0 Å². The number of hydrogen-bond donors (Lipinski definition) is 2. The van der Waals surface area contributed by atoms with Gasteiger partial charge in [0.2, 0.25) is 0 Å². The van der Waals surface area contributed by atoms with E-state index in [1.165, 1.54) is 43.9 Å². The maximum Gasteiger partial charge on any atom is 0.113 e. The largest absolute Gasteiger partial charge is 0.428 e. The lowest BCUT2D eigenvalue weighted by molar-refractivity contribution is 0.197. The molecule has 4 heteroatoms. The standard InChI is InChI=1S/C15H18N2O2/c18-16-14-8-9-17(19)15-7-6-12(10-13(14)15)11-4-2-1-3-5-11/h6-11,18-19H,1-5H2/b16-14+. The van der Waals surface area contributed by atoms with Crippen LogP contribution in [0, 0.1) is 0 Å². The molecule has 1 aliphatic rings. The molecular formula is C15H18N2O2. The van der Waals surface area contributed by atoms with Gasteiger partial charge in [-0.3, -0.25) is 0 Å². The highest BCUT2D eigenvalue weighted by Crippen LogP contribution is 2.33. The highest BCUT2D eigenvalue weighted by atomic mass is 16.5. The van der Waals surface area contributed by atoms with Crippen LogP contribution >= 0.6 is 0 Å². The number of nitrogens with zero attached hydrogens (tertiary/aromatic N) is 2. The van der Waals surface area contributed by atoms with Crippen LogP contribution in [0.25, 0.3) is 10.9 Å². The zero-order valence-electron chi connectivity index (χ0n) is 10.8. The van der Waals surface area contributed by atoms with Gasteiger partial charge >= 0.3 is 0 Å². The fourth-order valence-electron chi connectivity index (χ4n) is 3.05. The van der Waals surface area contributed by atoms with Crippen molar-refractivity contribution in [3.05, 3.63) is 41.4 Å². The summed E-state index contributed by atoms with van der Waals surface area (Å²) in [6, 6.07) is 7.63. The SMILES string of the molecule is O/N=c1\ccn(O)c2ccc(C3CCCCC3)cc12. The van der Waals surface area contributed by atoms with Crippen LogP contribution in [0.4, 0.5) is 0 Å². The summed E-state index contributed by atoms with van der Waals surface area (Å²) in [5.41, 5.74) is 1.94. The highest BCUT2D eigenvalue weighted by Gasteiger charge is 2.16. The van der Waals surface area contributed by atoms with Crippen molar-refractivity contribution in [2.45, 2.75) is 38.0 Å². The summed E-state index contributed by atoms with van der Waals surface area (Å²) in [6.07, 6.45) is 7.84. The minimum Gasteiger partial charge on any atom is -0.428 e. The molecule has 3 rings (SSSR count). The van der Waals surface area contributed by atoms with Crippen LogP contribution in [0.3, 0.4) is 0 Å². The Labute approximate surface area is 111 Å². The van der Waals surface area contributed by atoms with E-state index in [0.717, 1.165) is 10.1 Å². The molecule has 1 aliphatic carbocycles. The molecular weight excluding hydrogens is 240 g/mol. The van der Waals surface area contributed by atoms with E-state index in [0.29, 0.717) is 16.8 Å². The molecule has 1 heterocycles. The van der Waals surface area contributed by atoms with Gasteiger partial charge in [0.25, 0.3) is 0 Å². The molecule has 4 nitrogen and oxygen atoms in total. The van der Waals surface area contributed by atoms with Crippen molar-refractivity contribution in [1.82, 2.24) is 4.73 Å². The molecule has 1 aromatic carbocycles. The second kappa shape index (κ2) is 4.96. The lowest BCUT2D eigenvalue weighted by Gasteiger charge is -2.22. The van der Waals surface area contributed by atoms with E-state index in [2.05, 4.69) is 11.2 Å². The Morgan fingerprint density at radius 3 is 2.63 bits per heavy atom. The van der Waals surface area contributed by atoms with E-state index < -0.39 is 0 Å². The third kappa shape index (κ3) is 2.18. The van der Waals surface area contributed by atoms with Crippen LogP contribution < -0.4 is 5.36 Å². The Balaban J connectivity index is 2.14. The fourth-order valence-corrected chi connectivity index (χ4v) is 3.05. The van der Waals surface area contributed by atoms with Gasteiger partial charge in [-0.15, -0.1) is 0 Å². The van der Waals surface area contributed by atoms with Crippen LogP contribution in [0.5, 0.6) is 0 Å². The van der Waals surface area contributed by atoms with Crippen LogP contribution in [-0.2, 0) is 0 Å². The normalized spacial score (nSPS) is 18.0. The van der Waals surface area contributed by atoms with Crippen molar-refractivity contribution in [3.8, 4) is 0 Å². The number of pyridine rings is 1. The van der Waals surface area contributed by atoms with E-state index in [1.54, 1.807) is 6.07 Å². The van der Waals surface area contributed by atoms with E-state index in [-0.39, 0.29) is 0 Å². The Morgan fingerprint density at radius 2 is 1.89 bits per heavy atom. The van der Waals surface area contributed by atoms with Gasteiger partial charge in [0.05, 0.1) is 5.52 Å². The number of rotatable bonds is 1. The first-order valence-electron chi connectivity index (χ1n) is 6.82. The minimum atomic E-state index is 0.498. The summed E-state index contributed by atoms with van der Waals surface area (Å²) in [4.78, 5) is 0. The second-order valence-electron chi connectivity index (χ2n) is 5.26. The lowest BCUT2D eigenvalue weighted by atomic mass is 9.84. The van der Waals surface area contributed by atoms with E-state index in [1.807, 2.05) is 12.1 Å². The minimum absolute atomic E-state index is 0.498. The summed E-state index contributed by atoms with van der Waals surface area (Å²) < 4.78 is 1.06. The summed E-state index contributed by atoms with van der Waals surface area (Å²) in [6.45, 7) is 0. The zero-order chi connectivity index (χ0) is 13.2. The third-order valence-electron chi connectivity index (χ3n) is 4.10. The molecule has 1 saturated carbocycles. The van der Waals surface area contributed by atoms with Gasteiger partial charge in [0.1, 0.15) is 5.36 Å². The quantitative estimate of drug-likeness (QED) is 0.469. The van der Waals surface area contributed by atoms with Crippen molar-refractivity contribution < 1.29 is 10.4 Å². The van der Waals surface area contributed by atoms with Crippen molar-refractivity contribution in [2.75, 3.05) is 0 Å². The van der Waals surface area contributed by atoms with Gasteiger partial charge in [0, 0.05) is 11.6 Å². The molecule has 2 N–H and O–H groups in total. The van der Waals surface area contributed by atoms with Gasteiger partial charge in [0.15, 0.2) is 0 Å². The Hall–Kier alpha value is -1.97. The highest BCUT2D eigenvalue weighted by molar-refractivity contribution is 5.79. The molecule has 0 bridgehead atoms. The second-order valence-corrected chi connectivity index (χ2v) is 5.26. The molecule has 100 valence electrons. The van der Waals surface area contributed by atoms with Gasteiger partial charge in [-0.2, -0.15) is 4.73 Å². The molecule has 0 aliphatic heterocycles. The first-order valence-corrected chi connectivity index (χ1v) is 6.82. The van der Waals surface area contributed by atoms with Gasteiger partial charge in [-0.1, -0.05) is 30.5 Å². The number of benzene rings is 1. The average molecular weight is 258 g/mol. The van der Waals surface area contributed by atoms with Crippen LogP contribution in [0.15, 0.2) is 35.6 Å². The topological polar surface area (TPSA) is 57.8 Å². The molecule has 0 saturated heterocycles. The van der Waals surface area contributed by atoms with E-state index >= 15 is 0 Å². The average Bonchev–Trinajstić information content (AvgIpc) is 2.48. The third-order valence-corrected chi connectivity index (χ3v) is 4.10. The van der Waals surface area contributed by atoms with Gasteiger partial charge in [-0.25, -0.2) is 0 Å². The number of hydrogen-bond acceptors (Lipinski definition) is 3. The smallest absolute Gasteiger partial charge is 0.113 e. The summed E-state index contributed by atoms with van der Waals surface area (Å²) in [5.74, 6) is 0.594. The van der Waals surface area contributed by atoms with E-state index in [4.69, 9.17) is 5.21 Å². The summed E-state index contributed by atoms with van der Waals surface area (Å²) in [5, 5.41) is 23.4. The van der Waals surface area contributed by atoms with Gasteiger partial charge in [-0.05, 0) is 42.5 Å². The van der Waals surface area contributed by atoms with E-state index in [9.17, 15) is 5.21 Å². The first-order chi connectivity index (χ1) is 9.29. The number of fused-ring (bicyclic) bond motifs is 1. The van der Waals surface area contributed by atoms with Gasteiger partial charge < -0.3 is 10.4 Å². The first kappa shape index (κ1) is 12.1. The predicted molar refractivity (Wildman–Crippen MR) is 72.3 cm³/mol. The Bertz CT molecular complexity index is 655. The number of aromatic nitrogens is 1. The Morgan fingerprint density at radius 1 is 1.11 bits per heavy atom. The molecule has 1 aromatic heterocycles. The molecule has 0 radical (unpaired) electrons. The van der Waals surface area contributed by atoms with Crippen LogP contribution in [0.1, 0.15) is 43.6 Å².